The summed E-state index contributed by atoms with van der Waals surface area (Å²) in [6.45, 7) is 6.13. The zero-order chi connectivity index (χ0) is 16.4. The van der Waals surface area contributed by atoms with Crippen LogP contribution in [-0.2, 0) is 4.79 Å². The monoisotopic (exact) mass is 313 g/mol. The minimum Gasteiger partial charge on any atom is -0.477 e. The Hall–Kier alpha value is -2.83. The van der Waals surface area contributed by atoms with Gasteiger partial charge in [0.25, 0.3) is 0 Å². The predicted molar refractivity (Wildman–Crippen MR) is 87.5 cm³/mol. The van der Waals surface area contributed by atoms with Gasteiger partial charge in [0.15, 0.2) is 0 Å². The van der Waals surface area contributed by atoms with Crippen molar-refractivity contribution in [1.82, 2.24) is 14.8 Å². The lowest BCUT2D eigenvalue weighted by Crippen LogP contribution is -2.24. The van der Waals surface area contributed by atoms with Crippen molar-refractivity contribution in [1.29, 1.82) is 0 Å². The molecule has 2 heterocycles. The molecule has 0 aliphatic carbocycles. The molecule has 0 unspecified atom stereocenters. The summed E-state index contributed by atoms with van der Waals surface area (Å²) in [6, 6.07) is 7.83. The lowest BCUT2D eigenvalue weighted by atomic mass is 10.0. The number of hydrogen-bond donors (Lipinski definition) is 2. The molecule has 0 spiro atoms. The van der Waals surface area contributed by atoms with Crippen LogP contribution in [0.15, 0.2) is 42.4 Å². The Balaban J connectivity index is 1.96. The number of carboxylic acid groups (broad SMARTS) is 1. The molecule has 0 radical (unpaired) electrons. The van der Waals surface area contributed by atoms with Crippen LogP contribution >= 0.6 is 0 Å². The molecule has 23 heavy (non-hydrogen) atoms. The maximum atomic E-state index is 11.3. The van der Waals surface area contributed by atoms with E-state index in [0.29, 0.717) is 5.95 Å². The Morgan fingerprint density at radius 3 is 2.61 bits per heavy atom. The molecule has 1 atom stereocenters. The van der Waals surface area contributed by atoms with E-state index in [0.717, 1.165) is 24.3 Å². The van der Waals surface area contributed by atoms with Gasteiger partial charge in [-0.3, -0.25) is 0 Å². The number of aromatic nitrogens is 3. The molecule has 1 aromatic heterocycles. The largest absolute Gasteiger partial charge is 0.477 e. The molecular formula is C16H19N5O2. The molecule has 0 fully saturated rings. The van der Waals surface area contributed by atoms with Crippen molar-refractivity contribution in [2.24, 2.45) is 0 Å². The lowest BCUT2D eigenvalue weighted by molar-refractivity contribution is -0.132. The Morgan fingerprint density at radius 1 is 1.30 bits per heavy atom. The number of carbonyl (C=O) groups is 1. The van der Waals surface area contributed by atoms with Gasteiger partial charge in [-0.15, -0.1) is 0 Å². The molecule has 0 saturated heterocycles. The van der Waals surface area contributed by atoms with Crippen molar-refractivity contribution < 1.29 is 9.90 Å². The summed E-state index contributed by atoms with van der Waals surface area (Å²) in [6.07, 6.45) is 3.06. The Labute approximate surface area is 134 Å². The minimum absolute atomic E-state index is 0.114. The number of hydrogen-bond acceptors (Lipinski definition) is 5. The van der Waals surface area contributed by atoms with Gasteiger partial charge in [-0.25, -0.2) is 9.48 Å². The highest BCUT2D eigenvalue weighted by Gasteiger charge is 2.25. The summed E-state index contributed by atoms with van der Waals surface area (Å²) in [7, 11) is 0. The van der Waals surface area contributed by atoms with Crippen molar-refractivity contribution in [2.75, 3.05) is 23.3 Å². The number of benzene rings is 1. The second-order valence-electron chi connectivity index (χ2n) is 5.25. The molecule has 0 amide bonds. The number of anilines is 2. The normalized spacial score (nSPS) is 16.3. The molecule has 3 rings (SSSR count). The zero-order valence-electron chi connectivity index (χ0n) is 13.1. The summed E-state index contributed by atoms with van der Waals surface area (Å²) < 4.78 is 1.68. The van der Waals surface area contributed by atoms with Gasteiger partial charge in [-0.2, -0.15) is 10.1 Å². The highest BCUT2D eigenvalue weighted by atomic mass is 16.4. The average Bonchev–Trinajstić information content (AvgIpc) is 3.04. The Bertz CT molecular complexity index is 731. The fourth-order valence-electron chi connectivity index (χ4n) is 2.77. The molecule has 1 aromatic carbocycles. The number of allylic oxidation sites excluding steroid dienone is 1. The van der Waals surface area contributed by atoms with Crippen LogP contribution in [0.25, 0.3) is 0 Å². The van der Waals surface area contributed by atoms with Crippen LogP contribution in [0.2, 0.25) is 0 Å². The number of aliphatic carboxylic acids is 1. The molecule has 7 nitrogen and oxygen atoms in total. The Kier molecular flexibility index (Phi) is 4.01. The number of rotatable bonds is 5. The maximum Gasteiger partial charge on any atom is 0.352 e. The van der Waals surface area contributed by atoms with Gasteiger partial charge in [-0.05, 0) is 37.6 Å². The third kappa shape index (κ3) is 2.77. The SMILES string of the molecule is CCN(CC)c1ccc([C@H]2C=C(C(=O)O)Nc3ncnn32)cc1. The van der Waals surface area contributed by atoms with Crippen molar-refractivity contribution in [3.63, 3.8) is 0 Å². The van der Waals surface area contributed by atoms with Crippen LogP contribution in [0.3, 0.4) is 0 Å². The Morgan fingerprint density at radius 2 is 2.00 bits per heavy atom. The van der Waals surface area contributed by atoms with Crippen LogP contribution in [0, 0.1) is 0 Å². The minimum atomic E-state index is -1.01. The summed E-state index contributed by atoms with van der Waals surface area (Å²) >= 11 is 0. The van der Waals surface area contributed by atoms with Crippen molar-refractivity contribution in [3.05, 3.63) is 47.9 Å². The van der Waals surface area contributed by atoms with Gasteiger partial charge in [0.2, 0.25) is 5.95 Å². The molecule has 7 heteroatoms. The van der Waals surface area contributed by atoms with E-state index >= 15 is 0 Å². The van der Waals surface area contributed by atoms with E-state index < -0.39 is 5.97 Å². The second-order valence-corrected chi connectivity index (χ2v) is 5.25. The standard InChI is InChI=1S/C16H19N5O2/c1-3-20(4-2)12-7-5-11(6-8-12)14-9-13(15(22)23)19-16-17-10-18-21(14)16/h5-10,14H,3-4H2,1-2H3,(H,22,23)(H,17,18,19)/t14-/m1/s1. The smallest absolute Gasteiger partial charge is 0.352 e. The summed E-state index contributed by atoms with van der Waals surface area (Å²) in [4.78, 5) is 17.6. The molecule has 1 aliphatic rings. The molecule has 2 aromatic rings. The van der Waals surface area contributed by atoms with E-state index in [1.807, 2.05) is 12.1 Å². The first-order valence-corrected chi connectivity index (χ1v) is 7.60. The highest BCUT2D eigenvalue weighted by molar-refractivity contribution is 5.90. The molecule has 0 saturated carbocycles. The van der Waals surface area contributed by atoms with Gasteiger partial charge in [-0.1, -0.05) is 12.1 Å². The third-order valence-electron chi connectivity index (χ3n) is 4.00. The van der Waals surface area contributed by atoms with E-state index in [1.54, 1.807) is 10.8 Å². The predicted octanol–water partition coefficient (Wildman–Crippen LogP) is 2.11. The third-order valence-corrected chi connectivity index (χ3v) is 4.00. The van der Waals surface area contributed by atoms with Crippen LogP contribution in [0.1, 0.15) is 25.5 Å². The zero-order valence-corrected chi connectivity index (χ0v) is 13.1. The first-order chi connectivity index (χ1) is 11.1. The van der Waals surface area contributed by atoms with E-state index in [1.165, 1.54) is 6.33 Å². The van der Waals surface area contributed by atoms with E-state index in [9.17, 15) is 9.90 Å². The van der Waals surface area contributed by atoms with Crippen LogP contribution in [-0.4, -0.2) is 38.9 Å². The highest BCUT2D eigenvalue weighted by Crippen LogP contribution is 2.29. The van der Waals surface area contributed by atoms with Gasteiger partial charge in [0.1, 0.15) is 18.1 Å². The van der Waals surface area contributed by atoms with Crippen molar-refractivity contribution in [3.8, 4) is 0 Å². The van der Waals surface area contributed by atoms with Crippen LogP contribution in [0.4, 0.5) is 11.6 Å². The van der Waals surface area contributed by atoms with Crippen molar-refractivity contribution in [2.45, 2.75) is 19.9 Å². The average molecular weight is 313 g/mol. The number of nitrogens with one attached hydrogen (secondary N) is 1. The maximum absolute atomic E-state index is 11.3. The molecule has 2 N–H and O–H groups in total. The number of carboxylic acids is 1. The number of fused-ring (bicyclic) bond motifs is 1. The van der Waals surface area contributed by atoms with Crippen molar-refractivity contribution >= 4 is 17.6 Å². The van der Waals surface area contributed by atoms with Gasteiger partial charge in [0, 0.05) is 18.8 Å². The summed E-state index contributed by atoms with van der Waals surface area (Å²) in [5, 5.41) is 16.2. The lowest BCUT2D eigenvalue weighted by Gasteiger charge is -2.24. The quantitative estimate of drug-likeness (QED) is 0.879. The molecule has 120 valence electrons. The van der Waals surface area contributed by atoms with E-state index in [4.69, 9.17) is 0 Å². The number of nitrogens with zero attached hydrogens (tertiary/aromatic N) is 4. The molecule has 0 bridgehead atoms. The first-order valence-electron chi connectivity index (χ1n) is 7.60. The fourth-order valence-corrected chi connectivity index (χ4v) is 2.77. The molecule has 1 aliphatic heterocycles. The first kappa shape index (κ1) is 15.1. The fraction of sp³-hybridized carbons (Fsp3) is 0.312. The van der Waals surface area contributed by atoms with E-state index in [2.05, 4.69) is 46.3 Å². The summed E-state index contributed by atoms with van der Waals surface area (Å²) in [5.41, 5.74) is 2.23. The molecular weight excluding hydrogens is 294 g/mol. The van der Waals surface area contributed by atoms with E-state index in [-0.39, 0.29) is 11.7 Å². The van der Waals surface area contributed by atoms with Crippen LogP contribution in [0.5, 0.6) is 0 Å². The second kappa shape index (κ2) is 6.12. The topological polar surface area (TPSA) is 83.3 Å². The van der Waals surface area contributed by atoms with Gasteiger partial charge in [0.05, 0.1) is 0 Å². The van der Waals surface area contributed by atoms with Crippen LogP contribution < -0.4 is 10.2 Å². The summed E-state index contributed by atoms with van der Waals surface area (Å²) in [5.74, 6) is -0.577. The van der Waals surface area contributed by atoms with Gasteiger partial charge < -0.3 is 15.3 Å². The van der Waals surface area contributed by atoms with Gasteiger partial charge >= 0.3 is 5.97 Å².